The van der Waals surface area contributed by atoms with Crippen molar-refractivity contribution in [1.29, 1.82) is 0 Å². The molecule has 4 aliphatic carbocycles. The average Bonchev–Trinajstić information content (AvgIpc) is 2.91. The Morgan fingerprint density at radius 3 is 2.50 bits per heavy atom. The molecule has 0 aromatic carbocycles. The van der Waals surface area contributed by atoms with Gasteiger partial charge < -0.3 is 5.11 Å². The standard InChI is InChI=1S/C19H30NO3.Rb/c1-18-11-9-16-14(15(18)7-8-17(18)20(22)23)6-5-13-4-2-3-10-19(13,16)12-21;/h13-17H,2-12H2,1H3;/q-1;+1. The third kappa shape index (κ3) is 2.76. The molecule has 4 nitrogen and oxygen atoms in total. The molecular weight excluding hydrogens is 376 g/mol. The predicted molar refractivity (Wildman–Crippen MR) is 86.3 cm³/mol. The first-order chi connectivity index (χ1) is 11.0. The molecule has 7 atom stereocenters. The first-order valence-corrected chi connectivity index (χ1v) is 9.74. The fraction of sp³-hybridized carbons (Fsp3) is 1.00. The quantitative estimate of drug-likeness (QED) is 0.493. The SMILES string of the molecule is CC12CCC3C(CCC4CCCCC43C[O-])C1CCC2[N+](=O)[O-].[Rb+]. The van der Waals surface area contributed by atoms with Crippen molar-refractivity contribution < 1.29 is 68.2 Å². The van der Waals surface area contributed by atoms with Crippen LogP contribution < -0.4 is 63.3 Å². The fourth-order valence-corrected chi connectivity index (χ4v) is 7.67. The van der Waals surface area contributed by atoms with Gasteiger partial charge in [-0.3, -0.25) is 10.1 Å². The molecule has 0 aromatic heterocycles. The summed E-state index contributed by atoms with van der Waals surface area (Å²) in [6, 6.07) is -0.347. The van der Waals surface area contributed by atoms with Crippen LogP contribution in [0.1, 0.15) is 71.1 Å². The van der Waals surface area contributed by atoms with E-state index < -0.39 is 0 Å². The van der Waals surface area contributed by atoms with Gasteiger partial charge in [0.15, 0.2) is 0 Å². The summed E-state index contributed by atoms with van der Waals surface area (Å²) in [5, 5.41) is 23.9. The molecule has 0 aromatic rings. The molecule has 7 unspecified atom stereocenters. The van der Waals surface area contributed by atoms with Gasteiger partial charge in [-0.1, -0.05) is 19.8 Å². The van der Waals surface area contributed by atoms with Crippen molar-refractivity contribution in [3.05, 3.63) is 10.1 Å². The average molecular weight is 406 g/mol. The van der Waals surface area contributed by atoms with E-state index in [9.17, 15) is 15.2 Å². The predicted octanol–water partition coefficient (Wildman–Crippen LogP) is 0.409. The molecule has 4 fully saturated rings. The largest absolute Gasteiger partial charge is 1.00 e. The van der Waals surface area contributed by atoms with E-state index in [1.54, 1.807) is 0 Å². The third-order valence-electron chi connectivity index (χ3n) is 8.76. The van der Waals surface area contributed by atoms with Gasteiger partial charge in [0.1, 0.15) is 0 Å². The number of fused-ring (bicyclic) bond motifs is 5. The van der Waals surface area contributed by atoms with Crippen LogP contribution in [0.15, 0.2) is 0 Å². The van der Waals surface area contributed by atoms with Gasteiger partial charge >= 0.3 is 58.2 Å². The Hall–Kier alpha value is 1.17. The summed E-state index contributed by atoms with van der Waals surface area (Å²) in [6.45, 7) is 2.28. The fourth-order valence-electron chi connectivity index (χ4n) is 7.67. The molecule has 4 saturated carbocycles. The Kier molecular flexibility index (Phi) is 6.05. The molecule has 0 N–H and O–H groups in total. The first kappa shape index (κ1) is 19.9. The van der Waals surface area contributed by atoms with E-state index in [1.807, 2.05) is 0 Å². The second-order valence-corrected chi connectivity index (χ2v) is 9.20. The van der Waals surface area contributed by atoms with Crippen molar-refractivity contribution in [3.8, 4) is 0 Å². The van der Waals surface area contributed by atoms with Crippen LogP contribution in [0.4, 0.5) is 0 Å². The van der Waals surface area contributed by atoms with Gasteiger partial charge in [-0.15, -0.1) is 6.61 Å². The van der Waals surface area contributed by atoms with Crippen LogP contribution >= 0.6 is 0 Å². The maximum absolute atomic E-state index is 12.3. The number of nitro groups is 1. The minimum atomic E-state index is -0.347. The summed E-state index contributed by atoms with van der Waals surface area (Å²) in [5.41, 5.74) is -0.0779. The zero-order valence-electron chi connectivity index (χ0n) is 15.3. The molecule has 0 heterocycles. The number of nitrogens with zero attached hydrogens (tertiary/aromatic N) is 1. The van der Waals surface area contributed by atoms with Gasteiger partial charge in [0.25, 0.3) is 0 Å². The van der Waals surface area contributed by atoms with Crippen LogP contribution in [0.5, 0.6) is 0 Å². The van der Waals surface area contributed by atoms with Crippen LogP contribution in [-0.2, 0) is 0 Å². The van der Waals surface area contributed by atoms with E-state index in [4.69, 9.17) is 0 Å². The van der Waals surface area contributed by atoms with E-state index in [1.165, 1.54) is 32.1 Å². The van der Waals surface area contributed by atoms with Crippen molar-refractivity contribution in [2.75, 3.05) is 6.61 Å². The Labute approximate surface area is 194 Å². The van der Waals surface area contributed by atoms with Crippen molar-refractivity contribution >= 4 is 0 Å². The van der Waals surface area contributed by atoms with Crippen LogP contribution in [0.25, 0.3) is 0 Å². The Balaban J connectivity index is 0.00000169. The number of hydrogen-bond donors (Lipinski definition) is 0. The Morgan fingerprint density at radius 2 is 1.79 bits per heavy atom. The molecule has 0 saturated heterocycles. The van der Waals surface area contributed by atoms with Gasteiger partial charge in [-0.25, -0.2) is 0 Å². The van der Waals surface area contributed by atoms with E-state index in [0.717, 1.165) is 32.1 Å². The van der Waals surface area contributed by atoms with Gasteiger partial charge in [-0.2, -0.15) is 0 Å². The van der Waals surface area contributed by atoms with E-state index in [2.05, 4.69) is 6.92 Å². The Bertz CT molecular complexity index is 501. The van der Waals surface area contributed by atoms with Gasteiger partial charge in [0.05, 0.1) is 0 Å². The Morgan fingerprint density at radius 1 is 1.00 bits per heavy atom. The molecule has 0 spiro atoms. The maximum atomic E-state index is 12.3. The molecule has 4 aliphatic rings. The molecular formula is C19H30NO3Rb. The first-order valence-electron chi connectivity index (χ1n) is 9.74. The molecule has 0 bridgehead atoms. The summed E-state index contributed by atoms with van der Waals surface area (Å²) >= 11 is 0. The van der Waals surface area contributed by atoms with Crippen molar-refractivity contribution in [2.24, 2.45) is 34.5 Å². The van der Waals surface area contributed by atoms with E-state index in [0.29, 0.717) is 23.7 Å². The molecule has 0 amide bonds. The van der Waals surface area contributed by atoms with Gasteiger partial charge in [0, 0.05) is 16.8 Å². The minimum Gasteiger partial charge on any atom is -0.854 e. The summed E-state index contributed by atoms with van der Waals surface area (Å²) < 4.78 is 0. The van der Waals surface area contributed by atoms with Gasteiger partial charge in [-0.05, 0) is 74.0 Å². The molecule has 24 heavy (non-hydrogen) atoms. The number of rotatable bonds is 2. The van der Waals surface area contributed by atoms with Crippen molar-refractivity contribution in [2.45, 2.75) is 77.2 Å². The van der Waals surface area contributed by atoms with E-state index >= 15 is 0 Å². The van der Waals surface area contributed by atoms with Crippen LogP contribution in [-0.4, -0.2) is 17.6 Å². The maximum Gasteiger partial charge on any atom is 1.00 e. The smallest absolute Gasteiger partial charge is 0.854 e. The summed E-state index contributed by atoms with van der Waals surface area (Å²) in [6.07, 6.45) is 11.2. The summed E-state index contributed by atoms with van der Waals surface area (Å²) in [5.74, 6) is 2.28. The second-order valence-electron chi connectivity index (χ2n) is 9.20. The monoisotopic (exact) mass is 405 g/mol. The second kappa shape index (κ2) is 7.29. The molecule has 0 aliphatic heterocycles. The van der Waals surface area contributed by atoms with Gasteiger partial charge in [0.2, 0.25) is 6.04 Å². The van der Waals surface area contributed by atoms with Crippen molar-refractivity contribution in [3.63, 3.8) is 0 Å². The van der Waals surface area contributed by atoms with Crippen molar-refractivity contribution in [1.82, 2.24) is 0 Å². The number of hydrogen-bond acceptors (Lipinski definition) is 3. The molecule has 5 heteroatoms. The van der Waals surface area contributed by atoms with Crippen LogP contribution in [0.3, 0.4) is 0 Å². The zero-order chi connectivity index (χ0) is 16.2. The molecule has 4 rings (SSSR count). The minimum absolute atomic E-state index is 0. The third-order valence-corrected chi connectivity index (χ3v) is 8.76. The summed E-state index contributed by atoms with van der Waals surface area (Å²) in [7, 11) is 0. The molecule has 130 valence electrons. The van der Waals surface area contributed by atoms with E-state index in [-0.39, 0.29) is 86.6 Å². The molecule has 0 radical (unpaired) electrons. The van der Waals surface area contributed by atoms with Crippen LogP contribution in [0, 0.1) is 44.6 Å². The zero-order valence-corrected chi connectivity index (χ0v) is 20.3. The topological polar surface area (TPSA) is 66.2 Å². The normalized spacial score (nSPS) is 50.2. The summed E-state index contributed by atoms with van der Waals surface area (Å²) in [4.78, 5) is 11.5. The van der Waals surface area contributed by atoms with Crippen LogP contribution in [0.2, 0.25) is 0 Å².